The van der Waals surface area contributed by atoms with Crippen LogP contribution in [0.2, 0.25) is 0 Å². The zero-order valence-electron chi connectivity index (χ0n) is 10.6. The molecule has 0 atom stereocenters. The zero-order chi connectivity index (χ0) is 13.4. The summed E-state index contributed by atoms with van der Waals surface area (Å²) in [5, 5.41) is 9.08. The van der Waals surface area contributed by atoms with Crippen molar-refractivity contribution in [2.45, 2.75) is 25.7 Å². The van der Waals surface area contributed by atoms with Gasteiger partial charge in [0.05, 0.1) is 5.69 Å². The quantitative estimate of drug-likeness (QED) is 0.842. The van der Waals surface area contributed by atoms with E-state index < -0.39 is 6.09 Å². The minimum Gasteiger partial charge on any atom is -0.465 e. The van der Waals surface area contributed by atoms with Crippen molar-refractivity contribution in [3.05, 3.63) is 23.8 Å². The Bertz CT molecular complexity index is 541. The van der Waals surface area contributed by atoms with Crippen LogP contribution in [0.3, 0.4) is 0 Å². The van der Waals surface area contributed by atoms with Crippen LogP contribution in [0.5, 0.6) is 0 Å². The van der Waals surface area contributed by atoms with Crippen molar-refractivity contribution in [3.63, 3.8) is 0 Å². The van der Waals surface area contributed by atoms with Crippen molar-refractivity contribution in [2.75, 3.05) is 22.9 Å². The fourth-order valence-corrected chi connectivity index (χ4v) is 2.83. The lowest BCUT2D eigenvalue weighted by Crippen LogP contribution is -2.35. The van der Waals surface area contributed by atoms with Gasteiger partial charge in [0.2, 0.25) is 5.91 Å². The Kier molecular flexibility index (Phi) is 2.89. The first-order valence-electron chi connectivity index (χ1n) is 6.60. The van der Waals surface area contributed by atoms with Crippen LogP contribution in [-0.4, -0.2) is 30.2 Å². The molecule has 5 nitrogen and oxygen atoms in total. The van der Waals surface area contributed by atoms with Crippen molar-refractivity contribution in [1.29, 1.82) is 0 Å². The Labute approximate surface area is 111 Å². The summed E-state index contributed by atoms with van der Waals surface area (Å²) >= 11 is 0. The normalized spacial score (nSPS) is 18.6. The van der Waals surface area contributed by atoms with Gasteiger partial charge in [0, 0.05) is 25.2 Å². The van der Waals surface area contributed by atoms with Gasteiger partial charge in [-0.1, -0.05) is 0 Å². The topological polar surface area (TPSA) is 60.9 Å². The molecule has 2 aliphatic rings. The van der Waals surface area contributed by atoms with E-state index in [1.807, 2.05) is 23.1 Å². The van der Waals surface area contributed by atoms with E-state index in [2.05, 4.69) is 0 Å². The molecule has 2 heterocycles. The summed E-state index contributed by atoms with van der Waals surface area (Å²) in [4.78, 5) is 26.1. The molecule has 0 spiro atoms. The van der Waals surface area contributed by atoms with Gasteiger partial charge in [0.25, 0.3) is 0 Å². The average Bonchev–Trinajstić information content (AvgIpc) is 2.82. The lowest BCUT2D eigenvalue weighted by atomic mass is 10.1. The lowest BCUT2D eigenvalue weighted by molar-refractivity contribution is -0.119. The number of hydrogen-bond acceptors (Lipinski definition) is 2. The number of rotatable bonds is 1. The molecule has 2 amide bonds. The van der Waals surface area contributed by atoms with E-state index in [-0.39, 0.29) is 5.91 Å². The van der Waals surface area contributed by atoms with Crippen LogP contribution in [0.25, 0.3) is 0 Å². The van der Waals surface area contributed by atoms with Gasteiger partial charge in [-0.3, -0.25) is 9.69 Å². The molecule has 1 saturated heterocycles. The van der Waals surface area contributed by atoms with E-state index >= 15 is 0 Å². The van der Waals surface area contributed by atoms with Crippen molar-refractivity contribution in [2.24, 2.45) is 0 Å². The van der Waals surface area contributed by atoms with E-state index in [4.69, 9.17) is 5.11 Å². The summed E-state index contributed by atoms with van der Waals surface area (Å²) in [6.07, 6.45) is 2.41. The number of carbonyl (C=O) groups is 2. The third kappa shape index (κ3) is 2.05. The maximum absolute atomic E-state index is 11.9. The molecule has 0 aliphatic carbocycles. The van der Waals surface area contributed by atoms with Crippen molar-refractivity contribution < 1.29 is 14.7 Å². The molecular formula is C14H16N2O3. The SMILES string of the molecule is O=C1CCCCN1c1ccc2c(c1)CCN2C(=O)O. The molecule has 19 heavy (non-hydrogen) atoms. The van der Waals surface area contributed by atoms with Gasteiger partial charge in [-0.2, -0.15) is 0 Å². The molecule has 0 aromatic heterocycles. The van der Waals surface area contributed by atoms with Crippen LogP contribution >= 0.6 is 0 Å². The molecular weight excluding hydrogens is 244 g/mol. The highest BCUT2D eigenvalue weighted by Crippen LogP contribution is 2.32. The average molecular weight is 260 g/mol. The second-order valence-electron chi connectivity index (χ2n) is 5.00. The van der Waals surface area contributed by atoms with Crippen LogP contribution in [0.15, 0.2) is 18.2 Å². The van der Waals surface area contributed by atoms with Crippen LogP contribution in [0.4, 0.5) is 16.2 Å². The first kappa shape index (κ1) is 12.0. The molecule has 3 rings (SSSR count). The molecule has 0 bridgehead atoms. The number of hydrogen-bond donors (Lipinski definition) is 1. The first-order valence-corrected chi connectivity index (χ1v) is 6.60. The van der Waals surface area contributed by atoms with Crippen LogP contribution in [0.1, 0.15) is 24.8 Å². The number of carbonyl (C=O) groups excluding carboxylic acids is 1. The predicted octanol–water partition coefficient (Wildman–Crippen LogP) is 2.24. The number of carboxylic acid groups (broad SMARTS) is 1. The van der Waals surface area contributed by atoms with Crippen molar-refractivity contribution in [3.8, 4) is 0 Å². The highest BCUT2D eigenvalue weighted by molar-refractivity contribution is 5.95. The smallest absolute Gasteiger partial charge is 0.411 e. The van der Waals surface area contributed by atoms with E-state index in [0.717, 1.165) is 42.7 Å². The van der Waals surface area contributed by atoms with E-state index in [9.17, 15) is 9.59 Å². The Hall–Kier alpha value is -2.04. The molecule has 1 N–H and O–H groups in total. The van der Waals surface area contributed by atoms with Crippen molar-refractivity contribution >= 4 is 23.4 Å². The summed E-state index contributed by atoms with van der Waals surface area (Å²) in [7, 11) is 0. The molecule has 100 valence electrons. The fraction of sp³-hybridized carbons (Fsp3) is 0.429. The second kappa shape index (κ2) is 4.57. The standard InChI is InChI=1S/C14H16N2O3/c17-13-3-1-2-7-15(13)11-4-5-12-10(9-11)6-8-16(12)14(18)19/h4-5,9H,1-3,6-8H2,(H,18,19). The number of amides is 2. The van der Waals surface area contributed by atoms with E-state index in [1.54, 1.807) is 0 Å². The maximum Gasteiger partial charge on any atom is 0.411 e. The van der Waals surface area contributed by atoms with Gasteiger partial charge in [-0.15, -0.1) is 0 Å². The van der Waals surface area contributed by atoms with Crippen LogP contribution < -0.4 is 9.80 Å². The molecule has 5 heteroatoms. The van der Waals surface area contributed by atoms with Gasteiger partial charge >= 0.3 is 6.09 Å². The Morgan fingerprint density at radius 2 is 2.00 bits per heavy atom. The van der Waals surface area contributed by atoms with Gasteiger partial charge in [0.15, 0.2) is 0 Å². The van der Waals surface area contributed by atoms with Gasteiger partial charge in [0.1, 0.15) is 0 Å². The van der Waals surface area contributed by atoms with E-state index in [0.29, 0.717) is 13.0 Å². The molecule has 1 aromatic rings. The maximum atomic E-state index is 11.9. The van der Waals surface area contributed by atoms with Crippen LogP contribution in [-0.2, 0) is 11.2 Å². The number of anilines is 2. The second-order valence-corrected chi connectivity index (χ2v) is 5.00. The molecule has 2 aliphatic heterocycles. The lowest BCUT2D eigenvalue weighted by Gasteiger charge is -2.27. The summed E-state index contributed by atoms with van der Waals surface area (Å²) in [6.45, 7) is 1.27. The molecule has 1 fully saturated rings. The third-order valence-corrected chi connectivity index (χ3v) is 3.82. The summed E-state index contributed by atoms with van der Waals surface area (Å²) in [5.74, 6) is 0.166. The Morgan fingerprint density at radius 1 is 1.16 bits per heavy atom. The van der Waals surface area contributed by atoms with E-state index in [1.165, 1.54) is 4.90 Å². The highest BCUT2D eigenvalue weighted by Gasteiger charge is 2.26. The monoisotopic (exact) mass is 260 g/mol. The minimum atomic E-state index is -0.916. The van der Waals surface area contributed by atoms with Crippen LogP contribution in [0, 0.1) is 0 Å². The summed E-state index contributed by atoms with van der Waals surface area (Å²) in [6, 6.07) is 5.62. The zero-order valence-corrected chi connectivity index (χ0v) is 10.6. The number of piperidine rings is 1. The summed E-state index contributed by atoms with van der Waals surface area (Å²) < 4.78 is 0. The minimum absolute atomic E-state index is 0.166. The number of nitrogens with zero attached hydrogens (tertiary/aromatic N) is 2. The molecule has 0 saturated carbocycles. The fourth-order valence-electron chi connectivity index (χ4n) is 2.83. The van der Waals surface area contributed by atoms with Gasteiger partial charge < -0.3 is 10.0 Å². The van der Waals surface area contributed by atoms with Crippen molar-refractivity contribution in [1.82, 2.24) is 0 Å². The molecule has 0 unspecified atom stereocenters. The molecule has 1 aromatic carbocycles. The predicted molar refractivity (Wildman–Crippen MR) is 71.7 cm³/mol. The first-order chi connectivity index (χ1) is 9.16. The third-order valence-electron chi connectivity index (χ3n) is 3.82. The van der Waals surface area contributed by atoms with Gasteiger partial charge in [-0.25, -0.2) is 4.79 Å². The highest BCUT2D eigenvalue weighted by atomic mass is 16.4. The van der Waals surface area contributed by atoms with Gasteiger partial charge in [-0.05, 0) is 43.0 Å². The number of fused-ring (bicyclic) bond motifs is 1. The molecule has 0 radical (unpaired) electrons. The Morgan fingerprint density at radius 3 is 2.74 bits per heavy atom. The largest absolute Gasteiger partial charge is 0.465 e. The summed E-state index contributed by atoms with van der Waals surface area (Å²) in [5.41, 5.74) is 2.66. The number of benzene rings is 1. The Balaban J connectivity index is 1.90.